The molecule has 1 aliphatic heterocycles. The van der Waals surface area contributed by atoms with E-state index in [4.69, 9.17) is 5.73 Å². The summed E-state index contributed by atoms with van der Waals surface area (Å²) in [5.74, 6) is -2.63. The van der Waals surface area contributed by atoms with Crippen molar-refractivity contribution >= 4 is 22.8 Å². The van der Waals surface area contributed by atoms with Gasteiger partial charge in [0.1, 0.15) is 11.4 Å². The number of aromatic carboxylic acids is 1. The van der Waals surface area contributed by atoms with Gasteiger partial charge in [0.25, 0.3) is 0 Å². The number of nitrogens with two attached hydrogens (primary N) is 1. The third kappa shape index (κ3) is 3.21. The maximum atomic E-state index is 15.0. The number of aromatic nitrogens is 2. The van der Waals surface area contributed by atoms with Crippen LogP contribution in [0.5, 0.6) is 0 Å². The van der Waals surface area contributed by atoms with Crippen LogP contribution in [0.4, 0.5) is 14.6 Å². The van der Waals surface area contributed by atoms with Gasteiger partial charge in [-0.15, -0.1) is 0 Å². The largest absolute Gasteiger partial charge is 0.477 e. The highest BCUT2D eigenvalue weighted by Crippen LogP contribution is 2.33. The number of fused-ring (bicyclic) bond motifs is 1. The number of hydrogen-bond acceptors (Lipinski definition) is 5. The second kappa shape index (κ2) is 6.88. The molecule has 0 aliphatic carbocycles. The van der Waals surface area contributed by atoms with Gasteiger partial charge >= 0.3 is 5.97 Å². The Kier molecular flexibility index (Phi) is 4.58. The van der Waals surface area contributed by atoms with Gasteiger partial charge in [-0.3, -0.25) is 4.79 Å². The van der Waals surface area contributed by atoms with Crippen molar-refractivity contribution < 1.29 is 18.7 Å². The molecule has 1 saturated heterocycles. The molecule has 1 unspecified atom stereocenters. The summed E-state index contributed by atoms with van der Waals surface area (Å²) in [5, 5.41) is 9.24. The van der Waals surface area contributed by atoms with E-state index in [-0.39, 0.29) is 28.3 Å². The maximum absolute atomic E-state index is 15.0. The lowest BCUT2D eigenvalue weighted by atomic mass is 9.89. The number of carboxylic acid groups (broad SMARTS) is 1. The van der Waals surface area contributed by atoms with Gasteiger partial charge in [0.2, 0.25) is 5.43 Å². The minimum absolute atomic E-state index is 0.0295. The number of nitrogens with zero attached hydrogens (tertiary/aromatic N) is 3. The van der Waals surface area contributed by atoms with E-state index >= 15 is 0 Å². The van der Waals surface area contributed by atoms with Crippen LogP contribution in [0, 0.1) is 17.0 Å². The van der Waals surface area contributed by atoms with Crippen LogP contribution >= 0.6 is 0 Å². The normalized spacial score (nSPS) is 18.2. The van der Waals surface area contributed by atoms with Gasteiger partial charge in [-0.1, -0.05) is 13.8 Å². The van der Waals surface area contributed by atoms with Crippen molar-refractivity contribution in [2.24, 2.45) is 11.1 Å². The van der Waals surface area contributed by atoms with Gasteiger partial charge in [0.05, 0.1) is 5.39 Å². The Morgan fingerprint density at radius 1 is 1.27 bits per heavy atom. The minimum atomic E-state index is -1.45. The molecule has 156 valence electrons. The van der Waals surface area contributed by atoms with Gasteiger partial charge < -0.3 is 20.3 Å². The molecule has 3 N–H and O–H groups in total. The van der Waals surface area contributed by atoms with Crippen LogP contribution in [0.25, 0.3) is 16.7 Å². The lowest BCUT2D eigenvalue weighted by Gasteiger charge is -2.22. The molecule has 1 aliphatic rings. The average Bonchev–Trinajstić information content (AvgIpc) is 2.95. The van der Waals surface area contributed by atoms with Crippen molar-refractivity contribution in [3.8, 4) is 5.69 Å². The van der Waals surface area contributed by atoms with Gasteiger partial charge in [0, 0.05) is 31.0 Å². The smallest absolute Gasteiger partial charge is 0.341 e. The van der Waals surface area contributed by atoms with Gasteiger partial charge in [-0.2, -0.15) is 0 Å². The molecular weight excluding hydrogens is 394 g/mol. The molecule has 1 fully saturated rings. The van der Waals surface area contributed by atoms with E-state index in [2.05, 4.69) is 4.98 Å². The predicted octanol–water partition coefficient (Wildman–Crippen LogP) is 2.54. The number of benzene rings is 1. The Labute approximate surface area is 170 Å². The first kappa shape index (κ1) is 20.0. The van der Waals surface area contributed by atoms with E-state index in [0.717, 1.165) is 12.3 Å². The number of carbonyl (C=O) groups is 1. The number of rotatable bonds is 3. The summed E-state index contributed by atoms with van der Waals surface area (Å²) in [7, 11) is 0. The summed E-state index contributed by atoms with van der Waals surface area (Å²) in [5.41, 5.74) is 4.99. The fourth-order valence-electron chi connectivity index (χ4n) is 3.71. The number of anilines is 1. The molecule has 0 amide bonds. The van der Waals surface area contributed by atoms with Crippen molar-refractivity contribution in [1.29, 1.82) is 0 Å². The number of hydrogen-bond donors (Lipinski definition) is 2. The van der Waals surface area contributed by atoms with Crippen LogP contribution in [-0.2, 0) is 0 Å². The third-order valence-electron chi connectivity index (χ3n) is 5.57. The SMILES string of the molecule is CC1(C)CN(c2nc3c(cc2F)c(=O)c(C(=O)O)cn3-c2ccc(F)cc2)CC1N. The molecule has 0 bridgehead atoms. The highest BCUT2D eigenvalue weighted by atomic mass is 19.1. The molecule has 7 nitrogen and oxygen atoms in total. The predicted molar refractivity (Wildman–Crippen MR) is 108 cm³/mol. The lowest BCUT2D eigenvalue weighted by molar-refractivity contribution is 0.0695. The first-order chi connectivity index (χ1) is 14.1. The summed E-state index contributed by atoms with van der Waals surface area (Å²) in [6.07, 6.45) is 1.12. The Bertz CT molecular complexity index is 1220. The third-order valence-corrected chi connectivity index (χ3v) is 5.57. The zero-order valence-corrected chi connectivity index (χ0v) is 16.4. The zero-order valence-electron chi connectivity index (χ0n) is 16.4. The second-order valence-corrected chi connectivity index (χ2v) is 8.16. The fraction of sp³-hybridized carbons (Fsp3) is 0.286. The van der Waals surface area contributed by atoms with Crippen LogP contribution < -0.4 is 16.1 Å². The molecule has 1 aromatic carbocycles. The maximum Gasteiger partial charge on any atom is 0.341 e. The van der Waals surface area contributed by atoms with Gasteiger partial charge in [-0.05, 0) is 35.7 Å². The van der Waals surface area contributed by atoms with Crippen molar-refractivity contribution in [3.05, 3.63) is 63.9 Å². The molecule has 3 aromatic rings. The van der Waals surface area contributed by atoms with E-state index in [0.29, 0.717) is 18.8 Å². The van der Waals surface area contributed by atoms with E-state index in [1.54, 1.807) is 4.90 Å². The standard InChI is InChI=1S/C21H20F2N4O3/c1-21(2)10-26(9-16(21)24)19-15(23)7-13-17(28)14(20(29)30)8-27(18(13)25-19)12-5-3-11(22)4-6-12/h3-8,16H,9-10,24H2,1-2H3,(H,29,30). The van der Waals surface area contributed by atoms with E-state index in [1.807, 2.05) is 13.8 Å². The molecule has 30 heavy (non-hydrogen) atoms. The monoisotopic (exact) mass is 414 g/mol. The fourth-order valence-corrected chi connectivity index (χ4v) is 3.71. The summed E-state index contributed by atoms with van der Waals surface area (Å²) in [4.78, 5) is 30.3. The van der Waals surface area contributed by atoms with Gasteiger partial charge in [-0.25, -0.2) is 18.6 Å². The Morgan fingerprint density at radius 2 is 1.93 bits per heavy atom. The van der Waals surface area contributed by atoms with Crippen molar-refractivity contribution in [1.82, 2.24) is 9.55 Å². The molecule has 1 atom stereocenters. The second-order valence-electron chi connectivity index (χ2n) is 8.16. The first-order valence-corrected chi connectivity index (χ1v) is 9.34. The minimum Gasteiger partial charge on any atom is -0.477 e. The summed E-state index contributed by atoms with van der Waals surface area (Å²) >= 11 is 0. The van der Waals surface area contributed by atoms with Crippen LogP contribution in [0.2, 0.25) is 0 Å². The van der Waals surface area contributed by atoms with Crippen molar-refractivity contribution in [3.63, 3.8) is 0 Å². The van der Waals surface area contributed by atoms with Crippen LogP contribution in [0.3, 0.4) is 0 Å². The van der Waals surface area contributed by atoms with Crippen molar-refractivity contribution in [2.45, 2.75) is 19.9 Å². The molecule has 3 heterocycles. The number of pyridine rings is 2. The van der Waals surface area contributed by atoms with Crippen LogP contribution in [0.15, 0.2) is 41.3 Å². The lowest BCUT2D eigenvalue weighted by Crippen LogP contribution is -2.35. The highest BCUT2D eigenvalue weighted by Gasteiger charge is 2.38. The summed E-state index contributed by atoms with van der Waals surface area (Å²) in [6.45, 7) is 4.81. The van der Waals surface area contributed by atoms with Crippen LogP contribution in [-0.4, -0.2) is 39.8 Å². The Hall–Kier alpha value is -3.33. The molecule has 9 heteroatoms. The van der Waals surface area contributed by atoms with Crippen LogP contribution in [0.1, 0.15) is 24.2 Å². The molecule has 0 radical (unpaired) electrons. The van der Waals surface area contributed by atoms with Gasteiger partial charge in [0.15, 0.2) is 17.3 Å². The molecule has 0 saturated carbocycles. The molecule has 0 spiro atoms. The highest BCUT2D eigenvalue weighted by molar-refractivity contribution is 5.92. The quantitative estimate of drug-likeness (QED) is 0.683. The number of halogens is 2. The zero-order chi connectivity index (χ0) is 21.8. The first-order valence-electron chi connectivity index (χ1n) is 9.34. The molecule has 2 aromatic heterocycles. The van der Waals surface area contributed by atoms with E-state index in [1.165, 1.54) is 28.8 Å². The molecular formula is C21H20F2N4O3. The Morgan fingerprint density at radius 3 is 2.50 bits per heavy atom. The Balaban J connectivity index is 1.99. The van der Waals surface area contributed by atoms with E-state index < -0.39 is 28.6 Å². The summed E-state index contributed by atoms with van der Waals surface area (Å²) in [6, 6.07) is 6.05. The topological polar surface area (TPSA) is 101 Å². The van der Waals surface area contributed by atoms with E-state index in [9.17, 15) is 23.5 Å². The number of carboxylic acids is 1. The summed E-state index contributed by atoms with van der Waals surface area (Å²) < 4.78 is 29.7. The van der Waals surface area contributed by atoms with Crippen molar-refractivity contribution in [2.75, 3.05) is 18.0 Å². The average molecular weight is 414 g/mol. The molecule has 4 rings (SSSR count).